The molecule has 1 aliphatic heterocycles. The fourth-order valence-electron chi connectivity index (χ4n) is 2.65. The Morgan fingerprint density at radius 1 is 1.33 bits per heavy atom. The predicted molar refractivity (Wildman–Crippen MR) is 97.7 cm³/mol. The van der Waals surface area contributed by atoms with Crippen LogP contribution in [0.1, 0.15) is 0 Å². The summed E-state index contributed by atoms with van der Waals surface area (Å²) in [5.74, 6) is 1.61. The van der Waals surface area contributed by atoms with Gasteiger partial charge in [-0.05, 0) is 24.3 Å². The molecule has 1 N–H and O–H groups in total. The largest absolute Gasteiger partial charge is 0.496 e. The van der Waals surface area contributed by atoms with Crippen molar-refractivity contribution in [3.8, 4) is 17.2 Å². The first-order valence-corrected chi connectivity index (χ1v) is 8.21. The fraction of sp³-hybridized carbons (Fsp3) is 0.278. The summed E-state index contributed by atoms with van der Waals surface area (Å²) in [7, 11) is 2.99. The molecule has 0 saturated carbocycles. The van der Waals surface area contributed by atoms with E-state index in [0.717, 1.165) is 0 Å². The van der Waals surface area contributed by atoms with Crippen LogP contribution in [0.2, 0.25) is 0 Å². The monoisotopic (exact) mass is 373 g/mol. The molecule has 0 spiro atoms. The van der Waals surface area contributed by atoms with Gasteiger partial charge < -0.3 is 24.4 Å². The van der Waals surface area contributed by atoms with Crippen LogP contribution < -0.4 is 19.5 Å². The number of hydrogen-bond donors (Lipinski definition) is 1. The van der Waals surface area contributed by atoms with Gasteiger partial charge in [-0.2, -0.15) is 0 Å². The van der Waals surface area contributed by atoms with E-state index in [-0.39, 0.29) is 24.0 Å². The zero-order valence-electron chi connectivity index (χ0n) is 14.9. The smallest absolute Gasteiger partial charge is 0.321 e. The van der Waals surface area contributed by atoms with Crippen LogP contribution in [-0.2, 0) is 0 Å². The lowest BCUT2D eigenvalue weighted by Crippen LogP contribution is -2.43. The van der Waals surface area contributed by atoms with E-state index in [9.17, 15) is 14.9 Å². The van der Waals surface area contributed by atoms with Crippen molar-refractivity contribution in [3.63, 3.8) is 0 Å². The second-order valence-corrected chi connectivity index (χ2v) is 5.95. The summed E-state index contributed by atoms with van der Waals surface area (Å²) < 4.78 is 16.4. The molecule has 142 valence electrons. The number of nitro benzene ring substituents is 1. The SMILES string of the molecule is COc1ccc(NC(=O)N(C)CC2COc3ccccc3O2)c([N+](=O)[O-])c1. The normalized spacial score (nSPS) is 15.0. The summed E-state index contributed by atoms with van der Waals surface area (Å²) >= 11 is 0. The zero-order valence-corrected chi connectivity index (χ0v) is 14.9. The number of carbonyl (C=O) groups excluding carboxylic acids is 1. The number of urea groups is 1. The lowest BCUT2D eigenvalue weighted by atomic mass is 10.2. The Balaban J connectivity index is 1.64. The Kier molecular flexibility index (Phi) is 5.30. The van der Waals surface area contributed by atoms with Crippen molar-refractivity contribution in [2.45, 2.75) is 6.10 Å². The van der Waals surface area contributed by atoms with Gasteiger partial charge in [-0.25, -0.2) is 4.79 Å². The first kappa shape index (κ1) is 18.3. The highest BCUT2D eigenvalue weighted by molar-refractivity contribution is 5.91. The van der Waals surface area contributed by atoms with Crippen molar-refractivity contribution in [1.82, 2.24) is 4.90 Å². The van der Waals surface area contributed by atoms with Crippen molar-refractivity contribution in [2.75, 3.05) is 32.6 Å². The lowest BCUT2D eigenvalue weighted by molar-refractivity contribution is -0.384. The molecule has 1 heterocycles. The van der Waals surface area contributed by atoms with Crippen molar-refractivity contribution in [1.29, 1.82) is 0 Å². The number of benzene rings is 2. The summed E-state index contributed by atoms with van der Waals surface area (Å²) in [5, 5.41) is 13.8. The molecular formula is C18H19N3O6. The van der Waals surface area contributed by atoms with Gasteiger partial charge in [-0.15, -0.1) is 0 Å². The molecule has 1 atom stereocenters. The van der Waals surface area contributed by atoms with Crippen LogP contribution in [0, 0.1) is 10.1 Å². The number of amides is 2. The average Bonchev–Trinajstić information content (AvgIpc) is 2.67. The molecular weight excluding hydrogens is 354 g/mol. The Morgan fingerprint density at radius 3 is 2.78 bits per heavy atom. The van der Waals surface area contributed by atoms with E-state index in [0.29, 0.717) is 23.9 Å². The number of carbonyl (C=O) groups is 1. The third-order valence-corrected chi connectivity index (χ3v) is 4.03. The Hall–Kier alpha value is -3.49. The zero-order chi connectivity index (χ0) is 19.4. The van der Waals surface area contributed by atoms with E-state index in [1.807, 2.05) is 18.2 Å². The quantitative estimate of drug-likeness (QED) is 0.638. The summed E-state index contributed by atoms with van der Waals surface area (Å²) in [6, 6.07) is 11.0. The van der Waals surface area contributed by atoms with Crippen LogP contribution in [0.3, 0.4) is 0 Å². The Morgan fingerprint density at radius 2 is 2.07 bits per heavy atom. The van der Waals surface area contributed by atoms with Gasteiger partial charge >= 0.3 is 6.03 Å². The maximum atomic E-state index is 12.4. The molecule has 9 heteroatoms. The van der Waals surface area contributed by atoms with Gasteiger partial charge in [-0.3, -0.25) is 10.1 Å². The van der Waals surface area contributed by atoms with Crippen LogP contribution >= 0.6 is 0 Å². The number of rotatable bonds is 5. The van der Waals surface area contributed by atoms with E-state index >= 15 is 0 Å². The topological polar surface area (TPSA) is 103 Å². The van der Waals surface area contributed by atoms with E-state index in [1.54, 1.807) is 13.1 Å². The second-order valence-electron chi connectivity index (χ2n) is 5.95. The van der Waals surface area contributed by atoms with Gasteiger partial charge in [-0.1, -0.05) is 12.1 Å². The number of likely N-dealkylation sites (N-methyl/N-ethyl adjacent to an activating group) is 1. The van der Waals surface area contributed by atoms with E-state index in [4.69, 9.17) is 14.2 Å². The van der Waals surface area contributed by atoms with Crippen LogP contribution in [0.4, 0.5) is 16.2 Å². The van der Waals surface area contributed by atoms with Gasteiger partial charge in [0.15, 0.2) is 17.6 Å². The molecule has 1 unspecified atom stereocenters. The van der Waals surface area contributed by atoms with Gasteiger partial charge in [0.25, 0.3) is 5.69 Å². The van der Waals surface area contributed by atoms with Crippen molar-refractivity contribution in [2.24, 2.45) is 0 Å². The minimum absolute atomic E-state index is 0.0869. The van der Waals surface area contributed by atoms with E-state index in [2.05, 4.69) is 5.32 Å². The number of ether oxygens (including phenoxy) is 3. The third kappa shape index (κ3) is 4.20. The Labute approximate surface area is 155 Å². The first-order chi connectivity index (χ1) is 13.0. The number of nitro groups is 1. The molecule has 2 amide bonds. The molecule has 0 fully saturated rings. The van der Waals surface area contributed by atoms with Crippen LogP contribution in [0.15, 0.2) is 42.5 Å². The fourth-order valence-corrected chi connectivity index (χ4v) is 2.65. The maximum absolute atomic E-state index is 12.4. The molecule has 0 radical (unpaired) electrons. The third-order valence-electron chi connectivity index (χ3n) is 4.03. The number of para-hydroxylation sites is 2. The molecule has 27 heavy (non-hydrogen) atoms. The summed E-state index contributed by atoms with van der Waals surface area (Å²) in [6.45, 7) is 0.557. The minimum Gasteiger partial charge on any atom is -0.496 e. The van der Waals surface area contributed by atoms with Crippen molar-refractivity contribution in [3.05, 3.63) is 52.6 Å². The number of fused-ring (bicyclic) bond motifs is 1. The standard InChI is InChI=1S/C18H19N3O6/c1-20(10-13-11-26-16-5-3-4-6-17(16)27-13)18(22)19-14-8-7-12(25-2)9-15(14)21(23)24/h3-9,13H,10-11H2,1-2H3,(H,19,22). The highest BCUT2D eigenvalue weighted by Crippen LogP contribution is 2.31. The predicted octanol–water partition coefficient (Wildman–Crippen LogP) is 2.91. The van der Waals surface area contributed by atoms with Crippen LogP contribution in [-0.4, -0.2) is 49.3 Å². The van der Waals surface area contributed by atoms with Gasteiger partial charge in [0.2, 0.25) is 0 Å². The van der Waals surface area contributed by atoms with Crippen molar-refractivity contribution >= 4 is 17.4 Å². The van der Waals surface area contributed by atoms with Gasteiger partial charge in [0, 0.05) is 7.05 Å². The van der Waals surface area contributed by atoms with Crippen molar-refractivity contribution < 1.29 is 23.9 Å². The number of hydrogen-bond acceptors (Lipinski definition) is 6. The van der Waals surface area contributed by atoms with Crippen LogP contribution in [0.5, 0.6) is 17.2 Å². The number of anilines is 1. The first-order valence-electron chi connectivity index (χ1n) is 8.21. The summed E-state index contributed by atoms with van der Waals surface area (Å²) in [6.07, 6.45) is -0.346. The number of nitrogens with zero attached hydrogens (tertiary/aromatic N) is 2. The van der Waals surface area contributed by atoms with E-state index in [1.165, 1.54) is 30.2 Å². The molecule has 0 saturated heterocycles. The van der Waals surface area contributed by atoms with Gasteiger partial charge in [0.05, 0.1) is 24.6 Å². The average molecular weight is 373 g/mol. The molecule has 1 aliphatic rings. The number of methoxy groups -OCH3 is 1. The second kappa shape index (κ2) is 7.81. The number of nitrogens with one attached hydrogen (secondary N) is 1. The highest BCUT2D eigenvalue weighted by atomic mass is 16.6. The van der Waals surface area contributed by atoms with Crippen LogP contribution in [0.25, 0.3) is 0 Å². The minimum atomic E-state index is -0.576. The van der Waals surface area contributed by atoms with E-state index < -0.39 is 11.0 Å². The molecule has 2 aromatic carbocycles. The molecule has 2 aromatic rings. The molecule has 3 rings (SSSR count). The molecule has 0 aromatic heterocycles. The van der Waals surface area contributed by atoms with Gasteiger partial charge in [0.1, 0.15) is 18.0 Å². The molecule has 9 nitrogen and oxygen atoms in total. The Bertz CT molecular complexity index is 857. The molecule has 0 aliphatic carbocycles. The lowest BCUT2D eigenvalue weighted by Gasteiger charge is -2.29. The maximum Gasteiger partial charge on any atom is 0.321 e. The molecule has 0 bridgehead atoms. The summed E-state index contributed by atoms with van der Waals surface area (Å²) in [4.78, 5) is 24.5. The summed E-state index contributed by atoms with van der Waals surface area (Å²) in [5.41, 5.74) is -0.161. The highest BCUT2D eigenvalue weighted by Gasteiger charge is 2.25.